The number of nitriles is 1. The molecule has 7 nitrogen and oxygen atoms in total. The van der Waals surface area contributed by atoms with Crippen LogP contribution in [0.5, 0.6) is 0 Å². The fourth-order valence-corrected chi connectivity index (χ4v) is 3.11. The normalized spacial score (nSPS) is 16.0. The number of nitrogens with one attached hydrogen (secondary N) is 2. The van der Waals surface area contributed by atoms with E-state index in [1.54, 1.807) is 18.2 Å². The minimum Gasteiger partial charge on any atom is -0.459 e. The monoisotopic (exact) mass is 370 g/mol. The van der Waals surface area contributed by atoms with Crippen molar-refractivity contribution >= 4 is 17.5 Å². The zero-order chi connectivity index (χ0) is 19.2. The number of amides is 2. The van der Waals surface area contributed by atoms with E-state index in [1.165, 1.54) is 23.3 Å². The summed E-state index contributed by atoms with van der Waals surface area (Å²) in [6.45, 7) is 1.10. The van der Waals surface area contributed by atoms with Gasteiger partial charge in [-0.05, 0) is 37.1 Å². The molecule has 2 amide bonds. The first-order valence-electron chi connectivity index (χ1n) is 8.66. The molecule has 1 aliphatic rings. The molecule has 0 spiro atoms. The summed E-state index contributed by atoms with van der Waals surface area (Å²) >= 11 is 0. The maximum absolute atomic E-state index is 13.6. The molecule has 0 bridgehead atoms. The van der Waals surface area contributed by atoms with Crippen LogP contribution in [0.4, 0.5) is 10.1 Å². The first-order chi connectivity index (χ1) is 13.1. The second kappa shape index (κ2) is 8.36. The van der Waals surface area contributed by atoms with Crippen LogP contribution in [0.15, 0.2) is 41.0 Å². The van der Waals surface area contributed by atoms with E-state index in [-0.39, 0.29) is 29.7 Å². The van der Waals surface area contributed by atoms with Crippen molar-refractivity contribution in [3.8, 4) is 6.07 Å². The Morgan fingerprint density at radius 2 is 2.15 bits per heavy atom. The summed E-state index contributed by atoms with van der Waals surface area (Å²) in [6.07, 6.45) is 2.76. The smallest absolute Gasteiger partial charge is 0.290 e. The van der Waals surface area contributed by atoms with Crippen LogP contribution in [0.1, 0.15) is 29.0 Å². The number of hydrogen-bond acceptors (Lipinski definition) is 5. The Hall–Kier alpha value is -3.34. The van der Waals surface area contributed by atoms with Gasteiger partial charge in [-0.15, -0.1) is 0 Å². The molecule has 0 radical (unpaired) electrons. The first-order valence-corrected chi connectivity index (χ1v) is 8.66. The third-order valence-electron chi connectivity index (χ3n) is 4.41. The summed E-state index contributed by atoms with van der Waals surface area (Å²) in [5.41, 5.74) is 0.317. The Kier molecular flexibility index (Phi) is 5.71. The molecule has 1 aliphatic heterocycles. The third-order valence-corrected chi connectivity index (χ3v) is 4.41. The van der Waals surface area contributed by atoms with Crippen molar-refractivity contribution in [1.29, 1.82) is 5.26 Å². The van der Waals surface area contributed by atoms with Crippen molar-refractivity contribution in [3.63, 3.8) is 0 Å². The minimum absolute atomic E-state index is 0.0603. The van der Waals surface area contributed by atoms with Crippen LogP contribution in [0, 0.1) is 17.1 Å². The Morgan fingerprint density at radius 1 is 1.30 bits per heavy atom. The molecule has 1 aromatic carbocycles. The fourth-order valence-electron chi connectivity index (χ4n) is 3.11. The van der Waals surface area contributed by atoms with E-state index in [1.807, 2.05) is 6.07 Å². The predicted molar refractivity (Wildman–Crippen MR) is 95.4 cm³/mol. The lowest BCUT2D eigenvalue weighted by Gasteiger charge is -2.23. The van der Waals surface area contributed by atoms with Crippen molar-refractivity contribution in [1.82, 2.24) is 10.2 Å². The van der Waals surface area contributed by atoms with Gasteiger partial charge in [0.2, 0.25) is 5.91 Å². The van der Waals surface area contributed by atoms with Gasteiger partial charge in [0, 0.05) is 19.6 Å². The van der Waals surface area contributed by atoms with Crippen LogP contribution in [-0.2, 0) is 4.79 Å². The van der Waals surface area contributed by atoms with E-state index in [0.29, 0.717) is 25.2 Å². The number of halogens is 1. The number of rotatable bonds is 6. The van der Waals surface area contributed by atoms with Crippen molar-refractivity contribution < 1.29 is 18.4 Å². The molecule has 0 aliphatic carbocycles. The minimum atomic E-state index is -0.593. The van der Waals surface area contributed by atoms with Crippen molar-refractivity contribution in [2.75, 3.05) is 25.0 Å². The molecule has 1 unspecified atom stereocenters. The summed E-state index contributed by atoms with van der Waals surface area (Å²) in [7, 11) is 0. The SMILES string of the molecule is N#Cc1c(F)cccc1NCCNC(=O)C1CCCN1C(=O)c1ccco1. The summed E-state index contributed by atoms with van der Waals surface area (Å²) in [5.74, 6) is -0.917. The highest BCUT2D eigenvalue weighted by Crippen LogP contribution is 2.21. The molecule has 140 valence electrons. The first kappa shape index (κ1) is 18.5. The quantitative estimate of drug-likeness (QED) is 0.759. The van der Waals surface area contributed by atoms with E-state index in [9.17, 15) is 14.0 Å². The average molecular weight is 370 g/mol. The van der Waals surface area contributed by atoms with Crippen LogP contribution in [-0.4, -0.2) is 42.4 Å². The summed E-state index contributed by atoms with van der Waals surface area (Å²) in [4.78, 5) is 26.4. The zero-order valence-electron chi connectivity index (χ0n) is 14.6. The van der Waals surface area contributed by atoms with Gasteiger partial charge in [0.05, 0.1) is 12.0 Å². The summed E-state index contributed by atoms with van der Waals surface area (Å²) in [6, 6.07) is 8.81. The highest BCUT2D eigenvalue weighted by atomic mass is 19.1. The van der Waals surface area contributed by atoms with Gasteiger partial charge in [0.1, 0.15) is 23.5 Å². The number of furan rings is 1. The Labute approximate surface area is 155 Å². The standard InChI is InChI=1S/C19H19FN4O3/c20-14-4-1-5-15(13(14)12-21)22-8-9-23-18(25)16-6-2-10-24(16)19(26)17-7-3-11-27-17/h1,3-5,7,11,16,22H,2,6,8-10H2,(H,23,25). The number of carbonyl (C=O) groups excluding carboxylic acids is 2. The largest absolute Gasteiger partial charge is 0.459 e. The van der Waals surface area contributed by atoms with Gasteiger partial charge >= 0.3 is 0 Å². The molecule has 1 fully saturated rings. The molecular formula is C19H19FN4O3. The molecule has 1 atom stereocenters. The highest BCUT2D eigenvalue weighted by Gasteiger charge is 2.35. The summed E-state index contributed by atoms with van der Waals surface area (Å²) < 4.78 is 18.7. The van der Waals surface area contributed by atoms with Crippen molar-refractivity contribution in [2.45, 2.75) is 18.9 Å². The number of nitrogens with zero attached hydrogens (tertiary/aromatic N) is 2. The molecular weight excluding hydrogens is 351 g/mol. The average Bonchev–Trinajstić information content (AvgIpc) is 3.36. The van der Waals surface area contributed by atoms with Gasteiger partial charge in [0.25, 0.3) is 5.91 Å². The van der Waals surface area contributed by atoms with Gasteiger partial charge in [-0.3, -0.25) is 9.59 Å². The molecule has 2 aromatic rings. The van der Waals surface area contributed by atoms with E-state index in [4.69, 9.17) is 9.68 Å². The second-order valence-corrected chi connectivity index (χ2v) is 6.13. The second-order valence-electron chi connectivity index (χ2n) is 6.13. The van der Waals surface area contributed by atoms with Gasteiger partial charge in [-0.25, -0.2) is 4.39 Å². The van der Waals surface area contributed by atoms with Crippen molar-refractivity contribution in [3.05, 3.63) is 53.7 Å². The molecule has 2 heterocycles. The van der Waals surface area contributed by atoms with Crippen LogP contribution < -0.4 is 10.6 Å². The van der Waals surface area contributed by atoms with Crippen LogP contribution in [0.25, 0.3) is 0 Å². The third kappa shape index (κ3) is 4.08. The maximum atomic E-state index is 13.6. The molecule has 8 heteroatoms. The van der Waals surface area contributed by atoms with E-state index in [0.717, 1.165) is 6.42 Å². The molecule has 1 aromatic heterocycles. The maximum Gasteiger partial charge on any atom is 0.290 e. The predicted octanol–water partition coefficient (Wildman–Crippen LogP) is 2.12. The Balaban J connectivity index is 1.51. The number of benzene rings is 1. The van der Waals surface area contributed by atoms with Crippen molar-refractivity contribution in [2.24, 2.45) is 0 Å². The van der Waals surface area contributed by atoms with E-state index in [2.05, 4.69) is 10.6 Å². The van der Waals surface area contributed by atoms with Gasteiger partial charge in [0.15, 0.2) is 5.76 Å². The lowest BCUT2D eigenvalue weighted by atomic mass is 10.2. The van der Waals surface area contributed by atoms with Gasteiger partial charge in [-0.2, -0.15) is 5.26 Å². The molecule has 2 N–H and O–H groups in total. The number of hydrogen-bond donors (Lipinski definition) is 2. The Morgan fingerprint density at radius 3 is 2.89 bits per heavy atom. The molecule has 3 rings (SSSR count). The molecule has 27 heavy (non-hydrogen) atoms. The Bertz CT molecular complexity index is 860. The lowest BCUT2D eigenvalue weighted by molar-refractivity contribution is -0.124. The fraction of sp³-hybridized carbons (Fsp3) is 0.316. The van der Waals surface area contributed by atoms with Crippen LogP contribution in [0.3, 0.4) is 0 Å². The lowest BCUT2D eigenvalue weighted by Crippen LogP contribution is -2.46. The highest BCUT2D eigenvalue weighted by molar-refractivity contribution is 5.96. The zero-order valence-corrected chi connectivity index (χ0v) is 14.6. The van der Waals surface area contributed by atoms with Crippen LogP contribution in [0.2, 0.25) is 0 Å². The van der Waals surface area contributed by atoms with E-state index < -0.39 is 11.9 Å². The van der Waals surface area contributed by atoms with Gasteiger partial charge in [-0.1, -0.05) is 6.07 Å². The van der Waals surface area contributed by atoms with Crippen LogP contribution >= 0.6 is 0 Å². The topological polar surface area (TPSA) is 98.4 Å². The molecule has 1 saturated heterocycles. The number of likely N-dealkylation sites (tertiary alicyclic amines) is 1. The summed E-state index contributed by atoms with van der Waals surface area (Å²) in [5, 5.41) is 14.7. The number of anilines is 1. The van der Waals surface area contributed by atoms with Gasteiger partial charge < -0.3 is 20.0 Å². The molecule has 0 saturated carbocycles. The van der Waals surface area contributed by atoms with E-state index >= 15 is 0 Å². The number of carbonyl (C=O) groups is 2.